The van der Waals surface area contributed by atoms with Crippen LogP contribution in [0.1, 0.15) is 73.6 Å². The first-order chi connectivity index (χ1) is 20.2. The number of rotatable bonds is 5. The zero-order chi connectivity index (χ0) is 31.0. The van der Waals surface area contributed by atoms with Crippen LogP contribution in [0.4, 0.5) is 26.3 Å². The highest BCUT2D eigenvalue weighted by Gasteiger charge is 2.46. The van der Waals surface area contributed by atoms with E-state index in [2.05, 4.69) is 4.90 Å². The molecule has 1 atom stereocenters. The van der Waals surface area contributed by atoms with E-state index in [0.29, 0.717) is 37.6 Å². The van der Waals surface area contributed by atoms with Crippen LogP contribution in [0.15, 0.2) is 48.5 Å². The maximum absolute atomic E-state index is 13.6. The lowest BCUT2D eigenvalue weighted by Crippen LogP contribution is -2.55. The molecule has 0 radical (unpaired) electrons. The van der Waals surface area contributed by atoms with Crippen molar-refractivity contribution in [2.75, 3.05) is 26.7 Å². The lowest BCUT2D eigenvalue weighted by atomic mass is 9.72. The predicted octanol–water partition coefficient (Wildman–Crippen LogP) is 6.57. The van der Waals surface area contributed by atoms with Gasteiger partial charge in [0.25, 0.3) is 0 Å². The van der Waals surface area contributed by atoms with Crippen molar-refractivity contribution in [3.8, 4) is 0 Å². The summed E-state index contributed by atoms with van der Waals surface area (Å²) < 4.78 is 86.6. The fraction of sp³-hybridized carbons (Fsp3) is 0.594. The molecular weight excluding hydrogens is 574 g/mol. The van der Waals surface area contributed by atoms with Crippen molar-refractivity contribution in [3.63, 3.8) is 0 Å². The monoisotopic (exact) mass is 612 g/mol. The second kappa shape index (κ2) is 12.0. The zero-order valence-corrected chi connectivity index (χ0v) is 24.2. The lowest BCUT2D eigenvalue weighted by Gasteiger charge is -2.51. The van der Waals surface area contributed by atoms with E-state index in [4.69, 9.17) is 4.74 Å². The summed E-state index contributed by atoms with van der Waals surface area (Å²) in [6.07, 6.45) is -4.71. The molecule has 2 aliphatic heterocycles. The molecule has 1 saturated carbocycles. The molecule has 2 heterocycles. The second-order valence-electron chi connectivity index (χ2n) is 12.4. The number of likely N-dealkylation sites (tertiary alicyclic amines) is 1. The normalized spacial score (nSPS) is 26.8. The number of hydrogen-bond acceptors (Lipinski definition) is 4. The third-order valence-electron chi connectivity index (χ3n) is 9.85. The summed E-state index contributed by atoms with van der Waals surface area (Å²) in [6, 6.07) is 11.1. The van der Waals surface area contributed by atoms with E-state index in [0.717, 1.165) is 57.2 Å². The quantitative estimate of drug-likeness (QED) is 0.389. The molecule has 1 N–H and O–H groups in total. The van der Waals surface area contributed by atoms with Crippen LogP contribution in [-0.4, -0.2) is 65.3 Å². The Morgan fingerprint density at radius 2 is 1.49 bits per heavy atom. The Balaban J connectivity index is 1.31. The van der Waals surface area contributed by atoms with Gasteiger partial charge in [-0.2, -0.15) is 26.3 Å². The average molecular weight is 613 g/mol. The van der Waals surface area contributed by atoms with Crippen molar-refractivity contribution < 1.29 is 41.0 Å². The van der Waals surface area contributed by atoms with Crippen LogP contribution in [0.3, 0.4) is 0 Å². The third-order valence-corrected chi connectivity index (χ3v) is 9.85. The Morgan fingerprint density at radius 3 is 2.00 bits per heavy atom. The van der Waals surface area contributed by atoms with Gasteiger partial charge in [-0.1, -0.05) is 30.3 Å². The van der Waals surface area contributed by atoms with E-state index in [-0.39, 0.29) is 17.2 Å². The number of amides is 1. The van der Waals surface area contributed by atoms with Crippen molar-refractivity contribution in [1.29, 1.82) is 0 Å². The van der Waals surface area contributed by atoms with Crippen molar-refractivity contribution >= 4 is 5.91 Å². The van der Waals surface area contributed by atoms with Crippen LogP contribution in [0, 0.1) is 0 Å². The molecule has 2 aromatic carbocycles. The Bertz CT molecular complexity index is 1220. The number of carbonyl (C=O) groups excluding carboxylic acids is 1. The van der Waals surface area contributed by atoms with Crippen molar-refractivity contribution in [2.45, 2.75) is 93.4 Å². The fourth-order valence-electron chi connectivity index (χ4n) is 7.21. The molecular formula is C32H38F6N2O3. The van der Waals surface area contributed by atoms with Gasteiger partial charge in [0.15, 0.2) is 0 Å². The number of alkyl halides is 6. The SMILES string of the molecule is CN(C(=O)Cc1cc(C(F)(F)F)cc(C(F)(F)F)c1)C1(c2ccccc2)CCC(N2CCC3(CCC(O)CO3)CC2)CC1. The number of carbonyl (C=O) groups is 1. The maximum Gasteiger partial charge on any atom is 0.416 e. The molecule has 5 rings (SSSR count). The van der Waals surface area contributed by atoms with E-state index < -0.39 is 47.5 Å². The highest BCUT2D eigenvalue weighted by molar-refractivity contribution is 5.79. The number of aliphatic hydroxyl groups is 1. The molecule has 1 spiro atoms. The van der Waals surface area contributed by atoms with Crippen LogP contribution in [0.5, 0.6) is 0 Å². The molecule has 1 amide bonds. The van der Waals surface area contributed by atoms with Crippen LogP contribution >= 0.6 is 0 Å². The van der Waals surface area contributed by atoms with Crippen molar-refractivity contribution in [1.82, 2.24) is 9.80 Å². The third kappa shape index (κ3) is 6.88. The number of aliphatic hydroxyl groups excluding tert-OH is 1. The van der Waals surface area contributed by atoms with Crippen molar-refractivity contribution in [2.24, 2.45) is 0 Å². The molecule has 11 heteroatoms. The molecule has 2 aromatic rings. The van der Waals surface area contributed by atoms with Gasteiger partial charge >= 0.3 is 12.4 Å². The Labute approximate surface area is 247 Å². The summed E-state index contributed by atoms with van der Waals surface area (Å²) >= 11 is 0. The largest absolute Gasteiger partial charge is 0.416 e. The minimum absolute atomic E-state index is 0.0800. The summed E-state index contributed by atoms with van der Waals surface area (Å²) in [5.41, 5.74) is -3.18. The van der Waals surface area contributed by atoms with E-state index in [1.165, 1.54) is 0 Å². The van der Waals surface area contributed by atoms with Crippen molar-refractivity contribution in [3.05, 3.63) is 70.8 Å². The number of benzene rings is 2. The van der Waals surface area contributed by atoms with Crippen LogP contribution in [0.2, 0.25) is 0 Å². The van der Waals surface area contributed by atoms with Crippen LogP contribution in [0.25, 0.3) is 0 Å². The zero-order valence-electron chi connectivity index (χ0n) is 24.2. The standard InChI is InChI=1S/C32H38F6N2O3/c1-39(28(42)19-22-17-24(31(33,34)35)20-25(18-22)32(36,37)38)30(23-5-3-2-4-6-23)11-7-26(8-12-30)40-15-13-29(14-16-40)10-9-27(41)21-43-29/h2-6,17-18,20,26-27,41H,7-16,19,21H2,1H3. The summed E-state index contributed by atoms with van der Waals surface area (Å²) in [7, 11) is 1.60. The van der Waals surface area contributed by atoms with Crippen LogP contribution in [-0.2, 0) is 33.8 Å². The van der Waals surface area contributed by atoms with Gasteiger partial charge in [0.05, 0.1) is 41.4 Å². The van der Waals surface area contributed by atoms with Gasteiger partial charge in [-0.25, -0.2) is 0 Å². The number of likely N-dealkylation sites (N-methyl/N-ethyl adjacent to an activating group) is 1. The number of piperidine rings is 1. The molecule has 236 valence electrons. The molecule has 1 unspecified atom stereocenters. The molecule has 0 aromatic heterocycles. The van der Waals surface area contributed by atoms with Gasteiger partial charge in [0, 0.05) is 26.2 Å². The number of ether oxygens (including phenoxy) is 1. The number of hydrogen-bond donors (Lipinski definition) is 1. The Morgan fingerprint density at radius 1 is 0.907 bits per heavy atom. The van der Waals surface area contributed by atoms with Gasteiger partial charge in [-0.15, -0.1) is 0 Å². The summed E-state index contributed by atoms with van der Waals surface area (Å²) in [5, 5.41) is 9.82. The van der Waals surface area contributed by atoms with Gasteiger partial charge in [-0.3, -0.25) is 4.79 Å². The highest BCUT2D eigenvalue weighted by atomic mass is 19.4. The average Bonchev–Trinajstić information content (AvgIpc) is 2.98. The minimum Gasteiger partial charge on any atom is -0.391 e. The van der Waals surface area contributed by atoms with E-state index >= 15 is 0 Å². The Hall–Kier alpha value is -2.63. The smallest absolute Gasteiger partial charge is 0.391 e. The van der Waals surface area contributed by atoms with E-state index in [9.17, 15) is 36.2 Å². The summed E-state index contributed by atoms with van der Waals surface area (Å²) in [4.78, 5) is 17.6. The maximum atomic E-state index is 13.6. The number of nitrogens with zero attached hydrogens (tertiary/aromatic N) is 2. The topological polar surface area (TPSA) is 53.0 Å². The van der Waals surface area contributed by atoms with E-state index in [1.807, 2.05) is 30.3 Å². The summed E-state index contributed by atoms with van der Waals surface area (Å²) in [6.45, 7) is 2.14. The summed E-state index contributed by atoms with van der Waals surface area (Å²) in [5.74, 6) is -0.536. The molecule has 5 nitrogen and oxygen atoms in total. The van der Waals surface area contributed by atoms with Gasteiger partial charge < -0.3 is 19.6 Å². The first kappa shape index (κ1) is 31.8. The molecule has 43 heavy (non-hydrogen) atoms. The lowest BCUT2D eigenvalue weighted by molar-refractivity contribution is -0.151. The Kier molecular flexibility index (Phi) is 8.90. The fourth-order valence-corrected chi connectivity index (χ4v) is 7.21. The molecule has 1 aliphatic carbocycles. The first-order valence-corrected chi connectivity index (χ1v) is 14.9. The second-order valence-corrected chi connectivity index (χ2v) is 12.4. The van der Waals surface area contributed by atoms with E-state index in [1.54, 1.807) is 11.9 Å². The highest BCUT2D eigenvalue weighted by Crippen LogP contribution is 2.45. The molecule has 3 fully saturated rings. The molecule has 0 bridgehead atoms. The predicted molar refractivity (Wildman–Crippen MR) is 148 cm³/mol. The number of halogens is 6. The first-order valence-electron chi connectivity index (χ1n) is 14.9. The molecule has 2 saturated heterocycles. The molecule has 3 aliphatic rings. The van der Waals surface area contributed by atoms with Gasteiger partial charge in [0.1, 0.15) is 0 Å². The minimum atomic E-state index is -4.98. The van der Waals surface area contributed by atoms with Gasteiger partial charge in [0.2, 0.25) is 5.91 Å². The van der Waals surface area contributed by atoms with Crippen LogP contribution < -0.4 is 0 Å². The van der Waals surface area contributed by atoms with Gasteiger partial charge in [-0.05, 0) is 80.7 Å².